The number of urea groups is 1. The standard InChI is InChI=1S/C21H25N5O3/c1-3-26-19-15(11-22-26)9-18-23-16(19)10-21(2,28)13-29-12-17(24-20(27)25-18)14-7-5-4-6-8-14/h4-9,11,17,28H,3,10,12-13H2,1-2H3,(H2,23,24,25,27). The molecule has 0 radical (unpaired) electrons. The van der Waals surface area contributed by atoms with Crippen LogP contribution in [0.5, 0.6) is 0 Å². The van der Waals surface area contributed by atoms with Gasteiger partial charge in [-0.2, -0.15) is 5.10 Å². The second-order valence-corrected chi connectivity index (χ2v) is 7.60. The van der Waals surface area contributed by atoms with Crippen LogP contribution in [-0.2, 0) is 17.7 Å². The van der Waals surface area contributed by atoms with Gasteiger partial charge in [-0.1, -0.05) is 30.3 Å². The van der Waals surface area contributed by atoms with Gasteiger partial charge in [-0.05, 0) is 25.5 Å². The molecule has 2 bridgehead atoms. The molecule has 8 heteroatoms. The number of nitrogens with one attached hydrogen (secondary N) is 2. The molecule has 2 atom stereocenters. The van der Waals surface area contributed by atoms with E-state index in [1.165, 1.54) is 0 Å². The first-order chi connectivity index (χ1) is 13.9. The van der Waals surface area contributed by atoms with Crippen molar-refractivity contribution in [3.8, 4) is 0 Å². The van der Waals surface area contributed by atoms with Gasteiger partial charge in [0, 0.05) is 18.4 Å². The summed E-state index contributed by atoms with van der Waals surface area (Å²) in [5.74, 6) is 0.421. The van der Waals surface area contributed by atoms with E-state index in [1.54, 1.807) is 19.2 Å². The molecule has 0 spiro atoms. The number of carbonyl (C=O) groups is 1. The van der Waals surface area contributed by atoms with Gasteiger partial charge in [0.15, 0.2) is 0 Å². The Morgan fingerprint density at radius 1 is 1.34 bits per heavy atom. The number of hydrogen-bond acceptors (Lipinski definition) is 5. The minimum absolute atomic E-state index is 0.118. The minimum Gasteiger partial charge on any atom is -0.387 e. The summed E-state index contributed by atoms with van der Waals surface area (Å²) in [7, 11) is 0. The van der Waals surface area contributed by atoms with Crippen molar-refractivity contribution in [1.29, 1.82) is 0 Å². The Labute approximate surface area is 168 Å². The van der Waals surface area contributed by atoms with Gasteiger partial charge in [0.1, 0.15) is 5.82 Å². The van der Waals surface area contributed by atoms with E-state index in [4.69, 9.17) is 4.74 Å². The molecule has 0 saturated carbocycles. The van der Waals surface area contributed by atoms with Crippen molar-refractivity contribution in [3.05, 3.63) is 53.9 Å². The van der Waals surface area contributed by atoms with Crippen LogP contribution < -0.4 is 10.6 Å². The highest BCUT2D eigenvalue weighted by Gasteiger charge is 2.27. The lowest BCUT2D eigenvalue weighted by atomic mass is 9.99. The molecule has 8 nitrogen and oxygen atoms in total. The quantitative estimate of drug-likeness (QED) is 0.619. The van der Waals surface area contributed by atoms with Gasteiger partial charge >= 0.3 is 6.03 Å². The van der Waals surface area contributed by atoms with Crippen LogP contribution in [0.2, 0.25) is 0 Å². The number of aryl methyl sites for hydroxylation is 1. The van der Waals surface area contributed by atoms with Crippen molar-refractivity contribution < 1.29 is 14.6 Å². The van der Waals surface area contributed by atoms with Crippen LogP contribution in [0.15, 0.2) is 42.6 Å². The zero-order valence-corrected chi connectivity index (χ0v) is 16.6. The number of hydrogen-bond donors (Lipinski definition) is 3. The highest BCUT2D eigenvalue weighted by molar-refractivity contribution is 5.92. The number of benzene rings is 1. The highest BCUT2D eigenvalue weighted by atomic mass is 16.5. The van der Waals surface area contributed by atoms with Crippen LogP contribution in [0.3, 0.4) is 0 Å². The Hall–Kier alpha value is -2.97. The summed E-state index contributed by atoms with van der Waals surface area (Å²) in [4.78, 5) is 17.2. The SMILES string of the molecule is CCn1ncc2cc3nc(c21)CC(C)(O)COCC(c1ccccc1)NC(=O)N3. The summed E-state index contributed by atoms with van der Waals surface area (Å²) in [5.41, 5.74) is 1.34. The molecule has 1 aliphatic rings. The van der Waals surface area contributed by atoms with Crippen LogP contribution in [0, 0.1) is 0 Å². The summed E-state index contributed by atoms with van der Waals surface area (Å²) >= 11 is 0. The van der Waals surface area contributed by atoms with Crippen LogP contribution >= 0.6 is 0 Å². The van der Waals surface area contributed by atoms with E-state index in [2.05, 4.69) is 20.7 Å². The van der Waals surface area contributed by atoms with Crippen molar-refractivity contribution in [2.24, 2.45) is 0 Å². The lowest BCUT2D eigenvalue weighted by Crippen LogP contribution is -2.39. The molecule has 2 aromatic heterocycles. The summed E-state index contributed by atoms with van der Waals surface area (Å²) in [6.45, 7) is 4.78. The van der Waals surface area contributed by atoms with Gasteiger partial charge in [0.2, 0.25) is 0 Å². The number of ether oxygens (including phenoxy) is 1. The monoisotopic (exact) mass is 395 g/mol. The second kappa shape index (κ2) is 7.81. The van der Waals surface area contributed by atoms with Crippen LogP contribution in [0.4, 0.5) is 10.6 Å². The Morgan fingerprint density at radius 3 is 2.90 bits per heavy atom. The number of anilines is 1. The van der Waals surface area contributed by atoms with Gasteiger partial charge in [0.05, 0.1) is 42.3 Å². The lowest BCUT2D eigenvalue weighted by molar-refractivity contribution is -0.0379. The fourth-order valence-electron chi connectivity index (χ4n) is 3.65. The number of nitrogens with zero attached hydrogens (tertiary/aromatic N) is 3. The molecule has 29 heavy (non-hydrogen) atoms. The maximum Gasteiger partial charge on any atom is 0.320 e. The van der Waals surface area contributed by atoms with Crippen LogP contribution in [-0.4, -0.2) is 44.7 Å². The maximum absolute atomic E-state index is 12.6. The summed E-state index contributed by atoms with van der Waals surface area (Å²) in [6, 6.07) is 10.7. The topological polar surface area (TPSA) is 101 Å². The van der Waals surface area contributed by atoms with Crippen molar-refractivity contribution in [2.45, 2.75) is 38.5 Å². The predicted molar refractivity (Wildman–Crippen MR) is 110 cm³/mol. The lowest BCUT2D eigenvalue weighted by Gasteiger charge is -2.27. The van der Waals surface area contributed by atoms with Gasteiger partial charge in [-0.25, -0.2) is 9.78 Å². The van der Waals surface area contributed by atoms with Crippen LogP contribution in [0.1, 0.15) is 31.1 Å². The molecule has 2 unspecified atom stereocenters. The van der Waals surface area contributed by atoms with Gasteiger partial charge < -0.3 is 15.2 Å². The Balaban J connectivity index is 1.72. The molecule has 0 fully saturated rings. The van der Waals surface area contributed by atoms with Crippen molar-refractivity contribution in [1.82, 2.24) is 20.1 Å². The van der Waals surface area contributed by atoms with E-state index in [-0.39, 0.29) is 31.7 Å². The Morgan fingerprint density at radius 2 is 2.14 bits per heavy atom. The van der Waals surface area contributed by atoms with Crippen molar-refractivity contribution in [2.75, 3.05) is 18.5 Å². The van der Waals surface area contributed by atoms with E-state index < -0.39 is 5.60 Å². The van der Waals surface area contributed by atoms with E-state index in [9.17, 15) is 9.90 Å². The fraction of sp³-hybridized carbons (Fsp3) is 0.381. The van der Waals surface area contributed by atoms with E-state index in [1.807, 2.05) is 41.9 Å². The average molecular weight is 395 g/mol. The van der Waals surface area contributed by atoms with Gasteiger partial charge in [-0.15, -0.1) is 0 Å². The number of aliphatic hydroxyl groups is 1. The van der Waals surface area contributed by atoms with Gasteiger partial charge in [0.25, 0.3) is 0 Å². The Bertz CT molecular complexity index is 1020. The molecule has 3 N–H and O–H groups in total. The molecule has 1 aromatic carbocycles. The normalized spacial score (nSPS) is 23.0. The molecular formula is C21H25N5O3. The number of fused-ring (bicyclic) bond motifs is 4. The molecule has 152 valence electrons. The molecule has 3 aromatic rings. The first kappa shape index (κ1) is 19.4. The number of pyridine rings is 1. The summed E-state index contributed by atoms with van der Waals surface area (Å²) < 4.78 is 7.66. The maximum atomic E-state index is 12.6. The summed E-state index contributed by atoms with van der Waals surface area (Å²) in [5, 5.41) is 21.9. The molecule has 2 amide bonds. The third-order valence-electron chi connectivity index (χ3n) is 4.98. The number of rotatable bonds is 2. The van der Waals surface area contributed by atoms with Crippen molar-refractivity contribution in [3.63, 3.8) is 0 Å². The second-order valence-electron chi connectivity index (χ2n) is 7.60. The smallest absolute Gasteiger partial charge is 0.320 e. The first-order valence-electron chi connectivity index (χ1n) is 9.73. The van der Waals surface area contributed by atoms with Crippen molar-refractivity contribution >= 4 is 22.8 Å². The average Bonchev–Trinajstić information content (AvgIpc) is 3.10. The first-order valence-corrected chi connectivity index (χ1v) is 9.73. The third kappa shape index (κ3) is 4.23. The molecule has 0 aliphatic carbocycles. The van der Waals surface area contributed by atoms with Crippen LogP contribution in [0.25, 0.3) is 10.9 Å². The van der Waals surface area contributed by atoms with E-state index in [0.717, 1.165) is 16.5 Å². The molecular weight excluding hydrogens is 370 g/mol. The molecule has 0 saturated heterocycles. The molecule has 4 rings (SSSR count). The van der Waals surface area contributed by atoms with Gasteiger partial charge in [-0.3, -0.25) is 10.00 Å². The predicted octanol–water partition coefficient (Wildman–Crippen LogP) is 2.64. The number of carbonyl (C=O) groups excluding carboxylic acids is 1. The van der Waals surface area contributed by atoms with E-state index >= 15 is 0 Å². The zero-order valence-electron chi connectivity index (χ0n) is 16.6. The third-order valence-corrected chi connectivity index (χ3v) is 4.98. The zero-order chi connectivity index (χ0) is 20.4. The van der Waals surface area contributed by atoms with E-state index in [0.29, 0.717) is 18.1 Å². The largest absolute Gasteiger partial charge is 0.387 e. The Kier molecular flexibility index (Phi) is 5.21. The number of amides is 2. The summed E-state index contributed by atoms with van der Waals surface area (Å²) in [6.07, 6.45) is 2.03. The molecule has 3 heterocycles. The highest BCUT2D eigenvalue weighted by Crippen LogP contribution is 2.26. The number of aromatic nitrogens is 3. The molecule has 1 aliphatic heterocycles. The fourth-order valence-corrected chi connectivity index (χ4v) is 3.65. The minimum atomic E-state index is -1.12.